The summed E-state index contributed by atoms with van der Waals surface area (Å²) in [6.07, 6.45) is 7.99. The maximum absolute atomic E-state index is 10.6. The van der Waals surface area contributed by atoms with E-state index in [1.807, 2.05) is 0 Å². The van der Waals surface area contributed by atoms with Gasteiger partial charge in [-0.25, -0.2) is 0 Å². The summed E-state index contributed by atoms with van der Waals surface area (Å²) in [5.41, 5.74) is 2.66. The van der Waals surface area contributed by atoms with Crippen molar-refractivity contribution in [3.05, 3.63) is 36.0 Å². The molecule has 1 heterocycles. The van der Waals surface area contributed by atoms with Gasteiger partial charge in [0.1, 0.15) is 0 Å². The molecule has 0 saturated heterocycles. The first-order valence-corrected chi connectivity index (χ1v) is 8.51. The molecule has 0 atom stereocenters. The van der Waals surface area contributed by atoms with E-state index in [9.17, 15) is 4.79 Å². The summed E-state index contributed by atoms with van der Waals surface area (Å²) in [5.74, 6) is -0.694. The van der Waals surface area contributed by atoms with E-state index in [1.165, 1.54) is 42.3 Å². The second-order valence-electron chi connectivity index (χ2n) is 6.01. The first-order valence-electron chi connectivity index (χ1n) is 8.51. The monoisotopic (exact) mass is 301 g/mol. The predicted molar refractivity (Wildman–Crippen MR) is 91.3 cm³/mol. The molecule has 22 heavy (non-hydrogen) atoms. The molecule has 0 saturated carbocycles. The van der Waals surface area contributed by atoms with E-state index >= 15 is 0 Å². The van der Waals surface area contributed by atoms with Crippen LogP contribution in [0.3, 0.4) is 0 Å². The molecule has 0 bridgehead atoms. The Hall–Kier alpha value is -1.77. The van der Waals surface area contributed by atoms with E-state index in [0.29, 0.717) is 0 Å². The summed E-state index contributed by atoms with van der Waals surface area (Å²) < 4.78 is 2.44. The summed E-state index contributed by atoms with van der Waals surface area (Å²) in [4.78, 5) is 10.6. The average Bonchev–Trinajstić information content (AvgIpc) is 2.86. The number of carboxylic acid groups (broad SMARTS) is 1. The van der Waals surface area contributed by atoms with Crippen LogP contribution < -0.4 is 0 Å². The Kier molecular flexibility index (Phi) is 6.50. The SMILES string of the molecule is CCCCCCn1c(CCCCC(=O)O)cc2ccccc21. The third-order valence-corrected chi connectivity index (χ3v) is 4.21. The minimum absolute atomic E-state index is 0.275. The lowest BCUT2D eigenvalue weighted by molar-refractivity contribution is -0.137. The molecule has 1 N–H and O–H groups in total. The highest BCUT2D eigenvalue weighted by atomic mass is 16.4. The van der Waals surface area contributed by atoms with E-state index in [2.05, 4.69) is 41.8 Å². The standard InChI is InChI=1S/C19H27NO2/c1-2-3-4-9-14-20-17(11-6-8-13-19(21)22)15-16-10-5-7-12-18(16)20/h5,7,10,12,15H,2-4,6,8-9,11,13-14H2,1H3,(H,21,22). The van der Waals surface area contributed by atoms with Crippen LogP contribution in [0.25, 0.3) is 10.9 Å². The van der Waals surface area contributed by atoms with Gasteiger partial charge in [-0.1, -0.05) is 44.4 Å². The lowest BCUT2D eigenvalue weighted by Gasteiger charge is -2.10. The Morgan fingerprint density at radius 3 is 2.68 bits per heavy atom. The highest BCUT2D eigenvalue weighted by Gasteiger charge is 2.08. The Labute approximate surface area is 133 Å². The van der Waals surface area contributed by atoms with Crippen molar-refractivity contribution in [3.8, 4) is 0 Å². The molecular formula is C19H27NO2. The Morgan fingerprint density at radius 1 is 1.09 bits per heavy atom. The molecule has 2 rings (SSSR count). The van der Waals surface area contributed by atoms with Crippen molar-refractivity contribution in [2.75, 3.05) is 0 Å². The van der Waals surface area contributed by atoms with Gasteiger partial charge in [0.25, 0.3) is 0 Å². The molecule has 0 aliphatic carbocycles. The zero-order chi connectivity index (χ0) is 15.8. The maximum atomic E-state index is 10.6. The minimum atomic E-state index is -0.694. The quantitative estimate of drug-likeness (QED) is 0.626. The minimum Gasteiger partial charge on any atom is -0.481 e. The first-order chi connectivity index (χ1) is 10.7. The largest absolute Gasteiger partial charge is 0.481 e. The number of rotatable bonds is 10. The van der Waals surface area contributed by atoms with Gasteiger partial charge in [0.2, 0.25) is 0 Å². The summed E-state index contributed by atoms with van der Waals surface area (Å²) in [5, 5.41) is 10.0. The fraction of sp³-hybridized carbons (Fsp3) is 0.526. The van der Waals surface area contributed by atoms with E-state index in [1.54, 1.807) is 0 Å². The van der Waals surface area contributed by atoms with Gasteiger partial charge in [-0.2, -0.15) is 0 Å². The molecule has 0 aliphatic rings. The fourth-order valence-corrected chi connectivity index (χ4v) is 3.02. The number of carboxylic acids is 1. The normalized spacial score (nSPS) is 11.1. The molecule has 0 unspecified atom stereocenters. The Morgan fingerprint density at radius 2 is 1.91 bits per heavy atom. The number of aliphatic carboxylic acids is 1. The van der Waals surface area contributed by atoms with Gasteiger partial charge in [0, 0.05) is 24.2 Å². The van der Waals surface area contributed by atoms with Gasteiger partial charge in [-0.05, 0) is 43.2 Å². The number of unbranched alkanes of at least 4 members (excludes halogenated alkanes) is 4. The molecule has 0 radical (unpaired) electrons. The molecular weight excluding hydrogens is 274 g/mol. The van der Waals surface area contributed by atoms with E-state index in [-0.39, 0.29) is 6.42 Å². The van der Waals surface area contributed by atoms with Crippen LogP contribution in [0.5, 0.6) is 0 Å². The lowest BCUT2D eigenvalue weighted by Crippen LogP contribution is -2.04. The predicted octanol–water partition coefficient (Wildman–Crippen LogP) is 5.02. The number of para-hydroxylation sites is 1. The Bertz CT molecular complexity index is 601. The van der Waals surface area contributed by atoms with Crippen molar-refractivity contribution >= 4 is 16.9 Å². The van der Waals surface area contributed by atoms with Crippen molar-refractivity contribution in [3.63, 3.8) is 0 Å². The number of benzene rings is 1. The van der Waals surface area contributed by atoms with Gasteiger partial charge in [0.15, 0.2) is 0 Å². The smallest absolute Gasteiger partial charge is 0.303 e. The number of fused-ring (bicyclic) bond motifs is 1. The number of carbonyl (C=O) groups is 1. The fourth-order valence-electron chi connectivity index (χ4n) is 3.02. The summed E-state index contributed by atoms with van der Waals surface area (Å²) in [6, 6.07) is 10.8. The van der Waals surface area contributed by atoms with Crippen molar-refractivity contribution in [2.24, 2.45) is 0 Å². The van der Waals surface area contributed by atoms with Crippen molar-refractivity contribution in [2.45, 2.75) is 64.8 Å². The van der Waals surface area contributed by atoms with Crippen LogP contribution in [-0.2, 0) is 17.8 Å². The van der Waals surface area contributed by atoms with Crippen molar-refractivity contribution in [1.82, 2.24) is 4.57 Å². The van der Waals surface area contributed by atoms with Crippen LogP contribution in [0.1, 0.15) is 57.6 Å². The van der Waals surface area contributed by atoms with Crippen LogP contribution in [0.15, 0.2) is 30.3 Å². The van der Waals surface area contributed by atoms with Gasteiger partial charge >= 0.3 is 5.97 Å². The summed E-state index contributed by atoms with van der Waals surface area (Å²) in [6.45, 7) is 3.31. The molecule has 3 nitrogen and oxygen atoms in total. The van der Waals surface area contributed by atoms with Crippen molar-refractivity contribution < 1.29 is 9.90 Å². The maximum Gasteiger partial charge on any atom is 0.303 e. The topological polar surface area (TPSA) is 42.2 Å². The number of hydrogen-bond donors (Lipinski definition) is 1. The number of aryl methyl sites for hydroxylation is 2. The molecule has 0 spiro atoms. The third kappa shape index (κ3) is 4.62. The third-order valence-electron chi connectivity index (χ3n) is 4.21. The number of hydrogen-bond acceptors (Lipinski definition) is 1. The highest BCUT2D eigenvalue weighted by molar-refractivity contribution is 5.81. The molecule has 120 valence electrons. The van der Waals surface area contributed by atoms with Crippen LogP contribution >= 0.6 is 0 Å². The van der Waals surface area contributed by atoms with Gasteiger partial charge in [-0.3, -0.25) is 4.79 Å². The molecule has 0 aliphatic heterocycles. The van der Waals surface area contributed by atoms with Crippen LogP contribution in [0.4, 0.5) is 0 Å². The molecule has 0 amide bonds. The zero-order valence-corrected chi connectivity index (χ0v) is 13.6. The summed E-state index contributed by atoms with van der Waals surface area (Å²) >= 11 is 0. The average molecular weight is 301 g/mol. The second kappa shape index (κ2) is 8.62. The molecule has 1 aromatic carbocycles. The molecule has 2 aromatic rings. The molecule has 3 heteroatoms. The number of nitrogens with zero attached hydrogens (tertiary/aromatic N) is 1. The van der Waals surface area contributed by atoms with Crippen LogP contribution in [0, 0.1) is 0 Å². The van der Waals surface area contributed by atoms with Gasteiger partial charge in [-0.15, -0.1) is 0 Å². The van der Waals surface area contributed by atoms with Crippen LogP contribution in [-0.4, -0.2) is 15.6 Å². The lowest BCUT2D eigenvalue weighted by atomic mass is 10.1. The molecule has 1 aromatic heterocycles. The van der Waals surface area contributed by atoms with Crippen molar-refractivity contribution in [1.29, 1.82) is 0 Å². The second-order valence-corrected chi connectivity index (χ2v) is 6.01. The van der Waals surface area contributed by atoms with E-state index in [0.717, 1.165) is 25.8 Å². The first kappa shape index (κ1) is 16.6. The van der Waals surface area contributed by atoms with E-state index in [4.69, 9.17) is 5.11 Å². The van der Waals surface area contributed by atoms with Gasteiger partial charge in [0.05, 0.1) is 0 Å². The van der Waals surface area contributed by atoms with Gasteiger partial charge < -0.3 is 9.67 Å². The molecule has 0 fully saturated rings. The number of aromatic nitrogens is 1. The summed E-state index contributed by atoms with van der Waals surface area (Å²) in [7, 11) is 0. The van der Waals surface area contributed by atoms with Crippen LogP contribution in [0.2, 0.25) is 0 Å². The Balaban J connectivity index is 2.04. The zero-order valence-electron chi connectivity index (χ0n) is 13.6. The van der Waals surface area contributed by atoms with E-state index < -0.39 is 5.97 Å². The highest BCUT2D eigenvalue weighted by Crippen LogP contribution is 2.22.